The smallest absolute Gasteiger partial charge is 0.185 e. The van der Waals surface area contributed by atoms with Crippen LogP contribution >= 0.6 is 23.1 Å². The lowest BCUT2D eigenvalue weighted by Crippen LogP contribution is -2.32. The van der Waals surface area contributed by atoms with E-state index in [2.05, 4.69) is 10.3 Å². The Morgan fingerprint density at radius 2 is 1.95 bits per heavy atom. The number of thiazole rings is 1. The highest BCUT2D eigenvalue weighted by Gasteiger charge is 2.17. The van der Waals surface area contributed by atoms with Gasteiger partial charge in [0.05, 0.1) is 19.9 Å². The van der Waals surface area contributed by atoms with Crippen LogP contribution in [0.5, 0.6) is 11.5 Å². The van der Waals surface area contributed by atoms with Gasteiger partial charge in [-0.2, -0.15) is 11.8 Å². The molecular formula is C15H18N2O2S2. The van der Waals surface area contributed by atoms with Crippen molar-refractivity contribution < 1.29 is 9.47 Å². The maximum Gasteiger partial charge on any atom is 0.185 e. The average Bonchev–Trinajstić information content (AvgIpc) is 3.04. The topological polar surface area (TPSA) is 34.6 Å². The van der Waals surface area contributed by atoms with Crippen molar-refractivity contribution in [1.82, 2.24) is 4.98 Å². The van der Waals surface area contributed by atoms with Gasteiger partial charge >= 0.3 is 0 Å². The Morgan fingerprint density at radius 1 is 1.14 bits per heavy atom. The third kappa shape index (κ3) is 3.11. The second-order valence-corrected chi connectivity index (χ2v) is 6.74. The molecule has 1 fully saturated rings. The summed E-state index contributed by atoms with van der Waals surface area (Å²) >= 11 is 3.71. The summed E-state index contributed by atoms with van der Waals surface area (Å²) in [6, 6.07) is 5.84. The number of aromatic nitrogens is 1. The van der Waals surface area contributed by atoms with Crippen molar-refractivity contribution in [3.63, 3.8) is 0 Å². The highest BCUT2D eigenvalue weighted by atomic mass is 32.2. The van der Waals surface area contributed by atoms with Gasteiger partial charge in [0.25, 0.3) is 0 Å². The van der Waals surface area contributed by atoms with Gasteiger partial charge in [0.15, 0.2) is 5.13 Å². The fourth-order valence-electron chi connectivity index (χ4n) is 2.30. The molecule has 1 aliphatic rings. The maximum atomic E-state index is 5.46. The number of rotatable bonds is 4. The first-order chi connectivity index (χ1) is 10.3. The van der Waals surface area contributed by atoms with Crippen LogP contribution in [0.15, 0.2) is 23.6 Å². The predicted octanol–water partition coefficient (Wildman–Crippen LogP) is 3.38. The number of hydrogen-bond acceptors (Lipinski definition) is 6. The molecule has 2 aromatic rings. The average molecular weight is 322 g/mol. The molecule has 0 aliphatic carbocycles. The minimum absolute atomic E-state index is 0.791. The van der Waals surface area contributed by atoms with Crippen LogP contribution in [0.4, 0.5) is 5.13 Å². The highest BCUT2D eigenvalue weighted by Crippen LogP contribution is 2.36. The first-order valence-corrected chi connectivity index (χ1v) is 8.86. The number of nitrogens with zero attached hydrogens (tertiary/aromatic N) is 2. The van der Waals surface area contributed by atoms with Gasteiger partial charge in [0.2, 0.25) is 0 Å². The van der Waals surface area contributed by atoms with Crippen LogP contribution in [0, 0.1) is 0 Å². The van der Waals surface area contributed by atoms with Crippen molar-refractivity contribution in [2.24, 2.45) is 0 Å². The predicted molar refractivity (Wildman–Crippen MR) is 90.2 cm³/mol. The minimum Gasteiger partial charge on any atom is -0.497 e. The molecule has 1 aromatic carbocycles. The molecule has 0 saturated carbocycles. The van der Waals surface area contributed by atoms with Gasteiger partial charge in [-0.05, 0) is 12.1 Å². The van der Waals surface area contributed by atoms with Crippen LogP contribution in [0.25, 0.3) is 11.3 Å². The Balaban J connectivity index is 1.88. The summed E-state index contributed by atoms with van der Waals surface area (Å²) in [5.41, 5.74) is 1.97. The first-order valence-electron chi connectivity index (χ1n) is 6.82. The van der Waals surface area contributed by atoms with Crippen molar-refractivity contribution in [3.8, 4) is 22.8 Å². The lowest BCUT2D eigenvalue weighted by atomic mass is 10.1. The molecule has 0 unspecified atom stereocenters. The van der Waals surface area contributed by atoms with Crippen LogP contribution in [0.2, 0.25) is 0 Å². The number of methoxy groups -OCH3 is 2. The van der Waals surface area contributed by atoms with Gasteiger partial charge in [0, 0.05) is 41.6 Å². The zero-order chi connectivity index (χ0) is 14.7. The van der Waals surface area contributed by atoms with Crippen LogP contribution in [0.3, 0.4) is 0 Å². The summed E-state index contributed by atoms with van der Waals surface area (Å²) in [6.07, 6.45) is 0. The zero-order valence-corrected chi connectivity index (χ0v) is 13.8. The van der Waals surface area contributed by atoms with E-state index in [9.17, 15) is 0 Å². The van der Waals surface area contributed by atoms with Gasteiger partial charge < -0.3 is 14.4 Å². The minimum atomic E-state index is 0.791. The quantitative estimate of drug-likeness (QED) is 0.862. The Kier molecular flexibility index (Phi) is 4.55. The highest BCUT2D eigenvalue weighted by molar-refractivity contribution is 7.99. The van der Waals surface area contributed by atoms with E-state index < -0.39 is 0 Å². The van der Waals surface area contributed by atoms with Crippen LogP contribution < -0.4 is 14.4 Å². The number of thioether (sulfide) groups is 1. The number of hydrogen-bond donors (Lipinski definition) is 0. The van der Waals surface area contributed by atoms with Gasteiger partial charge in [-0.15, -0.1) is 11.3 Å². The monoisotopic (exact) mass is 322 g/mol. The molecule has 0 N–H and O–H groups in total. The molecule has 0 amide bonds. The summed E-state index contributed by atoms with van der Waals surface area (Å²) in [6.45, 7) is 2.16. The largest absolute Gasteiger partial charge is 0.497 e. The van der Waals surface area contributed by atoms with E-state index >= 15 is 0 Å². The van der Waals surface area contributed by atoms with E-state index in [1.165, 1.54) is 11.5 Å². The van der Waals surface area contributed by atoms with Gasteiger partial charge in [-0.25, -0.2) is 4.98 Å². The van der Waals surface area contributed by atoms with E-state index in [0.717, 1.165) is 41.0 Å². The van der Waals surface area contributed by atoms with Gasteiger partial charge in [0.1, 0.15) is 11.5 Å². The number of anilines is 1. The lowest BCUT2D eigenvalue weighted by Gasteiger charge is -2.25. The summed E-state index contributed by atoms with van der Waals surface area (Å²) < 4.78 is 10.7. The molecule has 21 heavy (non-hydrogen) atoms. The fourth-order valence-corrected chi connectivity index (χ4v) is 4.08. The molecule has 3 rings (SSSR count). The van der Waals surface area contributed by atoms with Crippen LogP contribution in [0.1, 0.15) is 0 Å². The molecule has 4 nitrogen and oxygen atoms in total. The molecule has 0 radical (unpaired) electrons. The van der Waals surface area contributed by atoms with Crippen LogP contribution in [-0.4, -0.2) is 43.8 Å². The molecule has 1 saturated heterocycles. The van der Waals surface area contributed by atoms with E-state index in [0.29, 0.717) is 0 Å². The maximum absolute atomic E-state index is 5.46. The van der Waals surface area contributed by atoms with Gasteiger partial charge in [-0.3, -0.25) is 0 Å². The van der Waals surface area contributed by atoms with E-state index in [-0.39, 0.29) is 0 Å². The standard InChI is InChI=1S/C15H18N2O2S2/c1-18-11-3-4-12(14(9-11)19-2)13-10-21-15(16-13)17-5-7-20-8-6-17/h3-4,9-10H,5-8H2,1-2H3. The van der Waals surface area contributed by atoms with E-state index in [1.807, 2.05) is 30.0 Å². The van der Waals surface area contributed by atoms with Crippen molar-refractivity contribution in [2.75, 3.05) is 43.7 Å². The fraction of sp³-hybridized carbons (Fsp3) is 0.400. The van der Waals surface area contributed by atoms with Crippen molar-refractivity contribution >= 4 is 28.2 Å². The summed E-state index contributed by atoms with van der Waals surface area (Å²) in [7, 11) is 3.33. The summed E-state index contributed by atoms with van der Waals surface area (Å²) in [4.78, 5) is 7.14. The third-order valence-electron chi connectivity index (χ3n) is 3.46. The Hall–Kier alpha value is -1.40. The lowest BCUT2D eigenvalue weighted by molar-refractivity contribution is 0.395. The molecule has 1 aliphatic heterocycles. The summed E-state index contributed by atoms with van der Waals surface area (Å²) in [5, 5.41) is 3.20. The Bertz CT molecular complexity index is 609. The molecule has 0 atom stereocenters. The van der Waals surface area contributed by atoms with E-state index in [1.54, 1.807) is 25.6 Å². The van der Waals surface area contributed by atoms with E-state index in [4.69, 9.17) is 14.5 Å². The van der Waals surface area contributed by atoms with Crippen molar-refractivity contribution in [1.29, 1.82) is 0 Å². The second-order valence-electron chi connectivity index (χ2n) is 4.68. The molecule has 112 valence electrons. The van der Waals surface area contributed by atoms with Crippen molar-refractivity contribution in [3.05, 3.63) is 23.6 Å². The molecule has 0 spiro atoms. The number of benzene rings is 1. The second kappa shape index (κ2) is 6.58. The Labute approximate surface area is 133 Å². The van der Waals surface area contributed by atoms with Crippen LogP contribution in [-0.2, 0) is 0 Å². The molecule has 1 aromatic heterocycles. The normalized spacial score (nSPS) is 15.0. The molecule has 6 heteroatoms. The SMILES string of the molecule is COc1ccc(-c2csc(N3CCSCC3)n2)c(OC)c1. The van der Waals surface area contributed by atoms with Gasteiger partial charge in [-0.1, -0.05) is 0 Å². The van der Waals surface area contributed by atoms with Crippen molar-refractivity contribution in [2.45, 2.75) is 0 Å². The number of ether oxygens (including phenoxy) is 2. The Morgan fingerprint density at radius 3 is 2.67 bits per heavy atom. The molecular weight excluding hydrogens is 304 g/mol. The zero-order valence-electron chi connectivity index (χ0n) is 12.2. The third-order valence-corrected chi connectivity index (χ3v) is 5.30. The molecule has 0 bridgehead atoms. The molecule has 2 heterocycles. The first kappa shape index (κ1) is 14.5. The summed E-state index contributed by atoms with van der Waals surface area (Å²) in [5.74, 6) is 3.95.